The van der Waals surface area contributed by atoms with Gasteiger partial charge in [0.2, 0.25) is 0 Å². The summed E-state index contributed by atoms with van der Waals surface area (Å²) in [6.45, 7) is 3.68. The predicted octanol–water partition coefficient (Wildman–Crippen LogP) is 3.58. The van der Waals surface area contributed by atoms with E-state index in [0.29, 0.717) is 17.0 Å². The van der Waals surface area contributed by atoms with Crippen LogP contribution in [0, 0.1) is 0 Å². The smallest absolute Gasteiger partial charge is 0.113 e. The molecule has 1 aliphatic rings. The summed E-state index contributed by atoms with van der Waals surface area (Å²) in [4.78, 5) is 0. The molecule has 0 bridgehead atoms. The summed E-state index contributed by atoms with van der Waals surface area (Å²) >= 11 is 6.36. The van der Waals surface area contributed by atoms with E-state index in [1.165, 1.54) is 11.1 Å². The highest BCUT2D eigenvalue weighted by atomic mass is 35.5. The van der Waals surface area contributed by atoms with Gasteiger partial charge in [0.05, 0.1) is 6.61 Å². The average molecular weight is 528 g/mol. The maximum atomic E-state index is 10.3. The Balaban J connectivity index is 0.000000319. The van der Waals surface area contributed by atoms with Crippen LogP contribution in [0.15, 0.2) is 72.8 Å². The third-order valence-electron chi connectivity index (χ3n) is 6.52. The standard InChI is InChI=1S/C21H25ClO5.C9H13N/c1-2-12-3-5-13(6-4-12)9-15-10-14(7-8-16(15)22)21-20(26)19(25)18(24)17(11-23)27-21;1-8(10)7-9-5-3-2-4-6-9/h3-8,10,17-21,23-26H,2,9,11H2,1H3;2-6,8H,7,10H2,1H3/t17-,18-,19+,20-,21+;8-/m11/s1. The summed E-state index contributed by atoms with van der Waals surface area (Å²) in [5.74, 6) is 0. The van der Waals surface area contributed by atoms with Gasteiger partial charge in [-0.3, -0.25) is 0 Å². The molecule has 0 aromatic heterocycles. The van der Waals surface area contributed by atoms with Gasteiger partial charge >= 0.3 is 0 Å². The maximum absolute atomic E-state index is 10.3. The van der Waals surface area contributed by atoms with E-state index in [9.17, 15) is 20.4 Å². The molecule has 200 valence electrons. The van der Waals surface area contributed by atoms with Gasteiger partial charge in [-0.1, -0.05) is 85.3 Å². The van der Waals surface area contributed by atoms with E-state index in [1.807, 2.05) is 31.2 Å². The highest BCUT2D eigenvalue weighted by Crippen LogP contribution is 2.34. The molecule has 3 aromatic rings. The van der Waals surface area contributed by atoms with E-state index in [1.54, 1.807) is 12.1 Å². The lowest BCUT2D eigenvalue weighted by atomic mass is 9.90. The Bertz CT molecular complexity index is 1090. The lowest BCUT2D eigenvalue weighted by molar-refractivity contribution is -0.231. The fourth-order valence-corrected chi connectivity index (χ4v) is 4.57. The summed E-state index contributed by atoms with van der Waals surface area (Å²) in [7, 11) is 0. The lowest BCUT2D eigenvalue weighted by Gasteiger charge is -2.40. The first kappa shape index (κ1) is 29.3. The zero-order valence-electron chi connectivity index (χ0n) is 21.4. The molecule has 6 atom stereocenters. The molecule has 37 heavy (non-hydrogen) atoms. The molecule has 0 radical (unpaired) electrons. The van der Waals surface area contributed by atoms with Gasteiger partial charge in [-0.05, 0) is 60.1 Å². The number of aliphatic hydroxyl groups is 4. The zero-order chi connectivity index (χ0) is 26.9. The molecule has 7 heteroatoms. The SMILES string of the molecule is CCc1ccc(Cc2cc([C@@H]3O[C@H](CO)[C@@H](O)[C@H](O)[C@H]3O)ccc2Cl)cc1.C[C@@H](N)Cc1ccccc1. The summed E-state index contributed by atoms with van der Waals surface area (Å²) in [5, 5.41) is 40.3. The summed E-state index contributed by atoms with van der Waals surface area (Å²) in [6.07, 6.45) is -3.30. The average Bonchev–Trinajstić information content (AvgIpc) is 2.90. The van der Waals surface area contributed by atoms with Crippen molar-refractivity contribution in [3.05, 3.63) is 106 Å². The fourth-order valence-electron chi connectivity index (χ4n) is 4.38. The second-order valence-electron chi connectivity index (χ2n) is 9.61. The molecule has 0 aliphatic carbocycles. The maximum Gasteiger partial charge on any atom is 0.113 e. The number of ether oxygens (including phenoxy) is 1. The molecule has 6 nitrogen and oxygen atoms in total. The molecule has 6 N–H and O–H groups in total. The lowest BCUT2D eigenvalue weighted by Crippen LogP contribution is -2.55. The Morgan fingerprint density at radius 1 is 0.865 bits per heavy atom. The summed E-state index contributed by atoms with van der Waals surface area (Å²) in [6, 6.07) is 24.2. The van der Waals surface area contributed by atoms with Gasteiger partial charge in [0, 0.05) is 11.1 Å². The van der Waals surface area contributed by atoms with Crippen molar-refractivity contribution in [2.75, 3.05) is 6.61 Å². The largest absolute Gasteiger partial charge is 0.394 e. The van der Waals surface area contributed by atoms with E-state index in [-0.39, 0.29) is 6.04 Å². The Morgan fingerprint density at radius 3 is 2.11 bits per heavy atom. The van der Waals surface area contributed by atoms with Crippen molar-refractivity contribution in [2.24, 2.45) is 5.73 Å². The van der Waals surface area contributed by atoms with Gasteiger partial charge in [-0.15, -0.1) is 0 Å². The van der Waals surface area contributed by atoms with Crippen molar-refractivity contribution >= 4 is 11.6 Å². The topological polar surface area (TPSA) is 116 Å². The van der Waals surface area contributed by atoms with E-state index < -0.39 is 37.1 Å². The van der Waals surface area contributed by atoms with Gasteiger partial charge in [0.25, 0.3) is 0 Å². The van der Waals surface area contributed by atoms with Crippen molar-refractivity contribution in [3.63, 3.8) is 0 Å². The van der Waals surface area contributed by atoms with Crippen molar-refractivity contribution < 1.29 is 25.2 Å². The minimum Gasteiger partial charge on any atom is -0.394 e. The van der Waals surface area contributed by atoms with Gasteiger partial charge in [0.15, 0.2) is 0 Å². The molecule has 3 aromatic carbocycles. The van der Waals surface area contributed by atoms with Crippen LogP contribution in [0.3, 0.4) is 0 Å². The minimum absolute atomic E-state index is 0.266. The Labute approximate surface area is 224 Å². The highest BCUT2D eigenvalue weighted by Gasteiger charge is 2.44. The van der Waals surface area contributed by atoms with Crippen LogP contribution in [0.1, 0.15) is 47.8 Å². The quantitative estimate of drug-likeness (QED) is 0.321. The molecule has 0 saturated carbocycles. The molecule has 0 unspecified atom stereocenters. The first-order valence-electron chi connectivity index (χ1n) is 12.7. The number of hydrogen-bond donors (Lipinski definition) is 5. The molecule has 1 aliphatic heterocycles. The number of aryl methyl sites for hydroxylation is 1. The van der Waals surface area contributed by atoms with Gasteiger partial charge in [-0.2, -0.15) is 0 Å². The Hall–Kier alpha value is -2.29. The molecule has 1 fully saturated rings. The van der Waals surface area contributed by atoms with E-state index in [4.69, 9.17) is 22.1 Å². The highest BCUT2D eigenvalue weighted by molar-refractivity contribution is 6.31. The Kier molecular flexibility index (Phi) is 11.1. The molecule has 1 saturated heterocycles. The van der Waals surface area contributed by atoms with Crippen molar-refractivity contribution in [2.45, 2.75) is 69.7 Å². The van der Waals surface area contributed by atoms with Gasteiger partial charge in [-0.25, -0.2) is 0 Å². The van der Waals surface area contributed by atoms with E-state index >= 15 is 0 Å². The van der Waals surface area contributed by atoms with Crippen LogP contribution in [0.4, 0.5) is 0 Å². The number of rotatable bonds is 7. The van der Waals surface area contributed by atoms with Crippen LogP contribution in [0.2, 0.25) is 5.02 Å². The molecule has 0 spiro atoms. The fraction of sp³-hybridized carbons (Fsp3) is 0.400. The van der Waals surface area contributed by atoms with Crippen LogP contribution >= 0.6 is 11.6 Å². The van der Waals surface area contributed by atoms with Gasteiger partial charge < -0.3 is 30.9 Å². The van der Waals surface area contributed by atoms with Gasteiger partial charge in [0.1, 0.15) is 30.5 Å². The number of aliphatic hydroxyl groups excluding tert-OH is 4. The second kappa shape index (κ2) is 14.0. The monoisotopic (exact) mass is 527 g/mol. The van der Waals surface area contributed by atoms with Crippen LogP contribution in [-0.4, -0.2) is 57.5 Å². The Morgan fingerprint density at radius 2 is 1.51 bits per heavy atom. The predicted molar refractivity (Wildman–Crippen MR) is 147 cm³/mol. The third kappa shape index (κ3) is 8.09. The molecule has 1 heterocycles. The summed E-state index contributed by atoms with van der Waals surface area (Å²) < 4.78 is 5.64. The van der Waals surface area contributed by atoms with Crippen molar-refractivity contribution in [3.8, 4) is 0 Å². The normalized spacial score (nSPS) is 24.2. The third-order valence-corrected chi connectivity index (χ3v) is 6.89. The minimum atomic E-state index is -1.40. The summed E-state index contributed by atoms with van der Waals surface area (Å²) in [5.41, 5.74) is 10.8. The van der Waals surface area contributed by atoms with Crippen LogP contribution in [-0.2, 0) is 24.0 Å². The van der Waals surface area contributed by atoms with Crippen LogP contribution < -0.4 is 5.73 Å². The number of nitrogens with two attached hydrogens (primary N) is 1. The second-order valence-corrected chi connectivity index (χ2v) is 10.0. The molecular weight excluding hydrogens is 490 g/mol. The number of hydrogen-bond acceptors (Lipinski definition) is 6. The van der Waals surface area contributed by atoms with Crippen molar-refractivity contribution in [1.29, 1.82) is 0 Å². The van der Waals surface area contributed by atoms with E-state index in [0.717, 1.165) is 24.0 Å². The number of benzene rings is 3. The number of halogens is 1. The van der Waals surface area contributed by atoms with Crippen LogP contribution in [0.5, 0.6) is 0 Å². The molecule has 0 amide bonds. The molecular formula is C30H38ClNO5. The van der Waals surface area contributed by atoms with E-state index in [2.05, 4.69) is 43.3 Å². The molecule has 4 rings (SSSR count). The first-order chi connectivity index (χ1) is 17.7. The first-order valence-corrected chi connectivity index (χ1v) is 13.1. The van der Waals surface area contributed by atoms with Crippen LogP contribution in [0.25, 0.3) is 0 Å². The zero-order valence-corrected chi connectivity index (χ0v) is 22.1. The van der Waals surface area contributed by atoms with Crippen molar-refractivity contribution in [1.82, 2.24) is 0 Å².